The number of cyclic esters (lactones) is 1. The zero-order valence-corrected chi connectivity index (χ0v) is 33.3. The Morgan fingerprint density at radius 1 is 1.04 bits per heavy atom. The van der Waals surface area contributed by atoms with Gasteiger partial charge in [-0.25, -0.2) is 4.79 Å². The summed E-state index contributed by atoms with van der Waals surface area (Å²) in [6.07, 6.45) is -5.92. The van der Waals surface area contributed by atoms with Crippen LogP contribution in [0.25, 0.3) is 0 Å². The number of carbonyl (C=O) groups is 3. The second kappa shape index (κ2) is 20.0. The van der Waals surface area contributed by atoms with E-state index in [1.54, 1.807) is 41.5 Å². The minimum Gasteiger partial charge on any atom is -0.459 e. The zero-order valence-electron chi connectivity index (χ0n) is 33.3. The summed E-state index contributed by atoms with van der Waals surface area (Å²) in [5, 5.41) is 26.1. The number of nitrogens with zero attached hydrogens (tertiary/aromatic N) is 1. The van der Waals surface area contributed by atoms with Crippen molar-refractivity contribution in [2.24, 2.45) is 23.7 Å². The fourth-order valence-electron chi connectivity index (χ4n) is 7.89. The summed E-state index contributed by atoms with van der Waals surface area (Å²) in [7, 11) is 6.66. The molecule has 298 valence electrons. The van der Waals surface area contributed by atoms with E-state index in [4.69, 9.17) is 33.2 Å². The maximum atomic E-state index is 14.1. The molecule has 2 aliphatic rings. The number of hydrogen-bond donors (Lipinski definition) is 3. The number of rotatable bonds is 12. The molecule has 0 bridgehead atoms. The van der Waals surface area contributed by atoms with Crippen LogP contribution in [0.1, 0.15) is 88.0 Å². The summed E-state index contributed by atoms with van der Waals surface area (Å²) in [4.78, 5) is 43.4. The molecular formula is C37H68N2O12. The van der Waals surface area contributed by atoms with E-state index in [2.05, 4.69) is 5.32 Å². The first-order valence-corrected chi connectivity index (χ1v) is 18.5. The van der Waals surface area contributed by atoms with Gasteiger partial charge in [-0.1, -0.05) is 27.7 Å². The smallest absolute Gasteiger partial charge is 0.407 e. The number of alkyl carbamates (subject to hydrolysis) is 1. The van der Waals surface area contributed by atoms with E-state index in [1.807, 2.05) is 32.8 Å². The molecule has 0 aromatic heterocycles. The van der Waals surface area contributed by atoms with Crippen molar-refractivity contribution in [3.05, 3.63) is 0 Å². The molecule has 51 heavy (non-hydrogen) atoms. The maximum absolute atomic E-state index is 14.1. The molecule has 3 N–H and O–H groups in total. The molecule has 2 rings (SSSR count). The van der Waals surface area contributed by atoms with Crippen LogP contribution in [0.3, 0.4) is 0 Å². The Bertz CT molecular complexity index is 1110. The highest BCUT2D eigenvalue weighted by Crippen LogP contribution is 2.40. The Morgan fingerprint density at radius 2 is 1.69 bits per heavy atom. The SMILES string of the molecule is CCOCCCNC(=O)O[C@H]1[C@H](C)[C@@H](O[C@@H]2O[C@H](C)C[C@H](N(C)C)[C@H]2O)[C@](C)(OC)C[C@@H](C)C(=O)[C@@H](C)[C@@H](OC)[C@](C)(O)[C@@H](CC)OC(=O)[C@@H]1C. The zero-order chi connectivity index (χ0) is 38.8. The van der Waals surface area contributed by atoms with E-state index >= 15 is 0 Å². The van der Waals surface area contributed by atoms with Gasteiger partial charge in [-0.15, -0.1) is 0 Å². The molecule has 2 saturated heterocycles. The van der Waals surface area contributed by atoms with Crippen LogP contribution < -0.4 is 5.32 Å². The number of Topliss-reactive ketones (excluding diaryl/α,β-unsaturated/α-hetero) is 1. The fourth-order valence-corrected chi connectivity index (χ4v) is 7.89. The van der Waals surface area contributed by atoms with Crippen molar-refractivity contribution < 1.29 is 57.8 Å². The van der Waals surface area contributed by atoms with Gasteiger partial charge in [0, 0.05) is 57.8 Å². The number of likely N-dealkylation sites (N-methyl/N-ethyl adjacent to an activating group) is 1. The molecule has 14 nitrogen and oxygen atoms in total. The largest absolute Gasteiger partial charge is 0.459 e. The second-order valence-electron chi connectivity index (χ2n) is 15.2. The van der Waals surface area contributed by atoms with Gasteiger partial charge in [0.1, 0.15) is 29.7 Å². The van der Waals surface area contributed by atoms with Crippen LogP contribution in [0.4, 0.5) is 4.79 Å². The molecule has 0 spiro atoms. The normalized spacial score (nSPS) is 40.4. The third-order valence-electron chi connectivity index (χ3n) is 10.9. The van der Waals surface area contributed by atoms with E-state index in [9.17, 15) is 24.6 Å². The molecule has 0 aromatic carbocycles. The molecule has 2 heterocycles. The summed E-state index contributed by atoms with van der Waals surface area (Å²) in [6.45, 7) is 17.0. The van der Waals surface area contributed by atoms with Gasteiger partial charge in [-0.05, 0) is 74.4 Å². The highest BCUT2D eigenvalue weighted by Gasteiger charge is 2.53. The van der Waals surface area contributed by atoms with Crippen molar-refractivity contribution >= 4 is 17.8 Å². The fraction of sp³-hybridized carbons (Fsp3) is 0.919. The third-order valence-corrected chi connectivity index (χ3v) is 10.9. The van der Waals surface area contributed by atoms with Crippen LogP contribution in [0.5, 0.6) is 0 Å². The molecule has 0 aliphatic carbocycles. The minimum atomic E-state index is -1.75. The quantitative estimate of drug-likeness (QED) is 0.197. The molecule has 1 amide bonds. The maximum Gasteiger partial charge on any atom is 0.407 e. The first kappa shape index (κ1) is 45.2. The van der Waals surface area contributed by atoms with Crippen molar-refractivity contribution in [2.45, 2.75) is 148 Å². The van der Waals surface area contributed by atoms with Gasteiger partial charge < -0.3 is 53.6 Å². The summed E-state index contributed by atoms with van der Waals surface area (Å²) in [5.41, 5.74) is -2.99. The summed E-state index contributed by atoms with van der Waals surface area (Å²) >= 11 is 0. The van der Waals surface area contributed by atoms with Crippen LogP contribution in [0.15, 0.2) is 0 Å². The van der Waals surface area contributed by atoms with E-state index < -0.39 is 83.7 Å². The van der Waals surface area contributed by atoms with Crippen LogP contribution in [0.2, 0.25) is 0 Å². The number of nitrogens with one attached hydrogen (secondary N) is 1. The molecule has 2 aliphatic heterocycles. The van der Waals surface area contributed by atoms with Gasteiger partial charge in [-0.2, -0.15) is 0 Å². The van der Waals surface area contributed by atoms with Gasteiger partial charge in [0.05, 0.1) is 29.8 Å². The lowest BCUT2D eigenvalue weighted by molar-refractivity contribution is -0.301. The molecule has 0 saturated carbocycles. The number of aliphatic hydroxyl groups excluding tert-OH is 1. The highest BCUT2D eigenvalue weighted by atomic mass is 16.7. The number of esters is 1. The topological polar surface area (TPSA) is 172 Å². The molecule has 2 fully saturated rings. The standard InChI is InChI=1S/C37H68N2O12/c1-14-27-37(9,44)32(45-12)23(5)28(40)21(3)20-36(8,46-13)31(51-34-29(41)26(39(10)11)19-22(4)48-34)24(6)30(25(7)33(42)49-27)50-35(43)38-17-16-18-47-15-2/h21-27,29-32,34,41,44H,14-20H2,1-13H3,(H,38,43)/t21-,22-,23-,24+,25-,26+,27-,29-,30+,31-,32-,34+,36-,37-/m1/s1. The Hall–Kier alpha value is -1.91. The van der Waals surface area contributed by atoms with Crippen LogP contribution in [-0.4, -0.2) is 141 Å². The average Bonchev–Trinajstić information content (AvgIpc) is 3.07. The second-order valence-corrected chi connectivity index (χ2v) is 15.2. The van der Waals surface area contributed by atoms with Gasteiger partial charge >= 0.3 is 12.1 Å². The number of ketones is 1. The number of hydrogen-bond acceptors (Lipinski definition) is 13. The van der Waals surface area contributed by atoms with Crippen molar-refractivity contribution in [3.8, 4) is 0 Å². The van der Waals surface area contributed by atoms with E-state index in [0.717, 1.165) is 0 Å². The van der Waals surface area contributed by atoms with Crippen LogP contribution >= 0.6 is 0 Å². The number of methoxy groups -OCH3 is 2. The van der Waals surface area contributed by atoms with Gasteiger partial charge in [0.2, 0.25) is 0 Å². The van der Waals surface area contributed by atoms with Crippen molar-refractivity contribution in [1.82, 2.24) is 10.2 Å². The molecular weight excluding hydrogens is 664 g/mol. The monoisotopic (exact) mass is 732 g/mol. The first-order chi connectivity index (χ1) is 23.8. The van der Waals surface area contributed by atoms with Crippen LogP contribution in [-0.2, 0) is 42.7 Å². The van der Waals surface area contributed by atoms with Crippen molar-refractivity contribution in [2.75, 3.05) is 48.1 Å². The molecule has 0 radical (unpaired) electrons. The summed E-state index contributed by atoms with van der Waals surface area (Å²) in [5.74, 6) is -4.18. The van der Waals surface area contributed by atoms with E-state index in [-0.39, 0.29) is 37.3 Å². The summed E-state index contributed by atoms with van der Waals surface area (Å²) in [6, 6.07) is -0.282. The van der Waals surface area contributed by atoms with Crippen molar-refractivity contribution in [3.63, 3.8) is 0 Å². The highest BCUT2D eigenvalue weighted by molar-refractivity contribution is 5.83. The lowest BCUT2D eigenvalue weighted by Crippen LogP contribution is -2.61. The summed E-state index contributed by atoms with van der Waals surface area (Å²) < 4.78 is 42.3. The number of amides is 1. The third kappa shape index (κ3) is 11.3. The predicted octanol–water partition coefficient (Wildman–Crippen LogP) is 3.33. The Labute approximate surface area is 305 Å². The van der Waals surface area contributed by atoms with Gasteiger partial charge in [0.25, 0.3) is 0 Å². The van der Waals surface area contributed by atoms with Gasteiger partial charge in [-0.3, -0.25) is 9.59 Å². The molecule has 14 atom stereocenters. The average molecular weight is 733 g/mol. The molecule has 14 heteroatoms. The predicted molar refractivity (Wildman–Crippen MR) is 190 cm³/mol. The Morgan fingerprint density at radius 3 is 2.24 bits per heavy atom. The van der Waals surface area contributed by atoms with E-state index in [0.29, 0.717) is 26.1 Å². The lowest BCUT2D eigenvalue weighted by atomic mass is 9.73. The lowest BCUT2D eigenvalue weighted by Gasteiger charge is -2.48. The number of carbonyl (C=O) groups excluding carboxylic acids is 3. The van der Waals surface area contributed by atoms with Crippen molar-refractivity contribution in [1.29, 1.82) is 0 Å². The number of aliphatic hydroxyl groups is 2. The minimum absolute atomic E-state index is 0.141. The van der Waals surface area contributed by atoms with E-state index in [1.165, 1.54) is 21.1 Å². The molecule has 0 aromatic rings. The Balaban J connectivity index is 2.73. The number of ether oxygens (including phenoxy) is 7. The Kier molecular flexibility index (Phi) is 17.7. The van der Waals surface area contributed by atoms with Gasteiger partial charge in [0.15, 0.2) is 6.29 Å². The van der Waals surface area contributed by atoms with Crippen LogP contribution in [0, 0.1) is 23.7 Å². The molecule has 0 unspecified atom stereocenters. The first-order valence-electron chi connectivity index (χ1n) is 18.5.